The summed E-state index contributed by atoms with van der Waals surface area (Å²) in [5, 5.41) is 12.3. The topological polar surface area (TPSA) is 66.4 Å². The highest BCUT2D eigenvalue weighted by atomic mass is 16.4. The Hall–Kier alpha value is -1.06. The Morgan fingerprint density at radius 3 is 2.00 bits per heavy atom. The van der Waals surface area contributed by atoms with E-state index in [1.165, 1.54) is 0 Å². The number of amides is 1. The number of aliphatic carboxylic acids is 1. The number of rotatable bonds is 3. The van der Waals surface area contributed by atoms with Gasteiger partial charge in [-0.05, 0) is 24.7 Å². The van der Waals surface area contributed by atoms with Crippen molar-refractivity contribution in [2.75, 3.05) is 0 Å². The standard InChI is InChI=1S/C14H23NO3/c1-13(2)9-10(13)11(16)15-14(12(17)18)7-5-3-4-6-8-14/h10H,3-9H2,1-2H3,(H,15,16)(H,17,18). The molecule has 2 rings (SSSR count). The molecule has 1 unspecified atom stereocenters. The third kappa shape index (κ3) is 2.52. The van der Waals surface area contributed by atoms with E-state index in [-0.39, 0.29) is 17.2 Å². The summed E-state index contributed by atoms with van der Waals surface area (Å²) in [6.45, 7) is 4.11. The Bertz CT molecular complexity index is 354. The second-order valence-corrected chi connectivity index (χ2v) is 6.54. The molecule has 4 heteroatoms. The normalized spacial score (nSPS) is 29.1. The average Bonchev–Trinajstić information content (AvgIpc) is 2.97. The van der Waals surface area contributed by atoms with Crippen molar-refractivity contribution in [2.45, 2.75) is 64.3 Å². The number of carbonyl (C=O) groups excluding carboxylic acids is 1. The summed E-state index contributed by atoms with van der Waals surface area (Å²) >= 11 is 0. The van der Waals surface area contributed by atoms with Crippen LogP contribution in [-0.4, -0.2) is 22.5 Å². The molecular weight excluding hydrogens is 230 g/mol. The monoisotopic (exact) mass is 253 g/mol. The first kappa shape index (κ1) is 13.4. The van der Waals surface area contributed by atoms with Gasteiger partial charge in [-0.1, -0.05) is 39.5 Å². The fourth-order valence-electron chi connectivity index (χ4n) is 2.96. The van der Waals surface area contributed by atoms with Crippen LogP contribution in [0.2, 0.25) is 0 Å². The Labute approximate surface area is 108 Å². The van der Waals surface area contributed by atoms with Crippen molar-refractivity contribution in [2.24, 2.45) is 11.3 Å². The number of nitrogens with one attached hydrogen (secondary N) is 1. The molecule has 2 aliphatic carbocycles. The van der Waals surface area contributed by atoms with Gasteiger partial charge in [-0.25, -0.2) is 4.79 Å². The lowest BCUT2D eigenvalue weighted by molar-refractivity contribution is -0.148. The van der Waals surface area contributed by atoms with E-state index in [4.69, 9.17) is 0 Å². The van der Waals surface area contributed by atoms with E-state index in [9.17, 15) is 14.7 Å². The molecule has 0 aliphatic heterocycles. The number of carbonyl (C=O) groups is 2. The maximum absolute atomic E-state index is 12.1. The molecule has 0 bridgehead atoms. The van der Waals surface area contributed by atoms with E-state index in [1.807, 2.05) is 0 Å². The van der Waals surface area contributed by atoms with Crippen LogP contribution in [-0.2, 0) is 9.59 Å². The molecule has 0 heterocycles. The van der Waals surface area contributed by atoms with Crippen molar-refractivity contribution in [3.8, 4) is 0 Å². The zero-order chi connectivity index (χ0) is 13.4. The molecular formula is C14H23NO3. The quantitative estimate of drug-likeness (QED) is 0.759. The first-order valence-electron chi connectivity index (χ1n) is 6.93. The van der Waals surface area contributed by atoms with Crippen LogP contribution in [0.3, 0.4) is 0 Å². The third-order valence-corrected chi connectivity index (χ3v) is 4.56. The fourth-order valence-corrected chi connectivity index (χ4v) is 2.96. The van der Waals surface area contributed by atoms with Crippen molar-refractivity contribution < 1.29 is 14.7 Å². The summed E-state index contributed by atoms with van der Waals surface area (Å²) in [5.74, 6) is -0.933. The predicted octanol–water partition coefficient (Wildman–Crippen LogP) is 2.33. The van der Waals surface area contributed by atoms with Crippen LogP contribution in [0.15, 0.2) is 0 Å². The van der Waals surface area contributed by atoms with Gasteiger partial charge in [0.2, 0.25) is 5.91 Å². The van der Waals surface area contributed by atoms with Gasteiger partial charge in [0.1, 0.15) is 5.54 Å². The molecule has 0 aromatic carbocycles. The number of hydrogen-bond acceptors (Lipinski definition) is 2. The van der Waals surface area contributed by atoms with Crippen molar-refractivity contribution in [1.29, 1.82) is 0 Å². The third-order valence-electron chi connectivity index (χ3n) is 4.56. The molecule has 18 heavy (non-hydrogen) atoms. The van der Waals surface area contributed by atoms with Crippen LogP contribution in [0.5, 0.6) is 0 Å². The average molecular weight is 253 g/mol. The Kier molecular flexibility index (Phi) is 3.39. The highest BCUT2D eigenvalue weighted by Crippen LogP contribution is 2.52. The van der Waals surface area contributed by atoms with E-state index in [2.05, 4.69) is 19.2 Å². The first-order chi connectivity index (χ1) is 8.37. The summed E-state index contributed by atoms with van der Waals surface area (Å²) in [5.41, 5.74) is -0.958. The Balaban J connectivity index is 2.06. The molecule has 4 nitrogen and oxygen atoms in total. The fraction of sp³-hybridized carbons (Fsp3) is 0.857. The van der Waals surface area contributed by atoms with Crippen LogP contribution < -0.4 is 5.32 Å². The maximum Gasteiger partial charge on any atom is 0.329 e. The minimum atomic E-state index is -1.01. The van der Waals surface area contributed by atoms with Gasteiger partial charge in [0.05, 0.1) is 0 Å². The zero-order valence-corrected chi connectivity index (χ0v) is 11.3. The Morgan fingerprint density at radius 1 is 1.11 bits per heavy atom. The van der Waals surface area contributed by atoms with Crippen molar-refractivity contribution in [3.63, 3.8) is 0 Å². The second-order valence-electron chi connectivity index (χ2n) is 6.54. The van der Waals surface area contributed by atoms with Crippen molar-refractivity contribution in [3.05, 3.63) is 0 Å². The van der Waals surface area contributed by atoms with Gasteiger partial charge in [-0.3, -0.25) is 4.79 Å². The van der Waals surface area contributed by atoms with Crippen LogP contribution >= 0.6 is 0 Å². The van der Waals surface area contributed by atoms with Crippen LogP contribution in [0.4, 0.5) is 0 Å². The van der Waals surface area contributed by atoms with Crippen LogP contribution in [0.25, 0.3) is 0 Å². The largest absolute Gasteiger partial charge is 0.480 e. The minimum absolute atomic E-state index is 0.00280. The smallest absolute Gasteiger partial charge is 0.329 e. The molecule has 2 saturated carbocycles. The first-order valence-corrected chi connectivity index (χ1v) is 6.93. The van der Waals surface area contributed by atoms with Gasteiger partial charge in [0.15, 0.2) is 0 Å². The Morgan fingerprint density at radius 2 is 1.61 bits per heavy atom. The van der Waals surface area contributed by atoms with E-state index in [0.717, 1.165) is 32.1 Å². The molecule has 0 radical (unpaired) electrons. The molecule has 0 saturated heterocycles. The second kappa shape index (κ2) is 4.56. The molecule has 0 aromatic rings. The molecule has 0 aromatic heterocycles. The van der Waals surface area contributed by atoms with Crippen LogP contribution in [0, 0.1) is 11.3 Å². The van der Waals surface area contributed by atoms with Gasteiger partial charge in [0.25, 0.3) is 0 Å². The molecule has 2 N–H and O–H groups in total. The number of carboxylic acid groups (broad SMARTS) is 1. The van der Waals surface area contributed by atoms with E-state index in [1.54, 1.807) is 0 Å². The van der Waals surface area contributed by atoms with Gasteiger partial charge in [-0.2, -0.15) is 0 Å². The lowest BCUT2D eigenvalue weighted by Gasteiger charge is -2.29. The van der Waals surface area contributed by atoms with Crippen molar-refractivity contribution >= 4 is 11.9 Å². The highest BCUT2D eigenvalue weighted by Gasteiger charge is 2.53. The van der Waals surface area contributed by atoms with E-state index in [0.29, 0.717) is 12.8 Å². The summed E-state index contributed by atoms with van der Waals surface area (Å²) in [4.78, 5) is 23.7. The van der Waals surface area contributed by atoms with Gasteiger partial charge in [0, 0.05) is 5.92 Å². The SMILES string of the molecule is CC1(C)CC1C(=O)NC1(C(=O)O)CCCCCC1. The lowest BCUT2D eigenvalue weighted by Crippen LogP contribution is -2.55. The molecule has 0 spiro atoms. The van der Waals surface area contributed by atoms with Crippen molar-refractivity contribution in [1.82, 2.24) is 5.32 Å². The highest BCUT2D eigenvalue weighted by molar-refractivity contribution is 5.89. The summed E-state index contributed by atoms with van der Waals surface area (Å²) < 4.78 is 0. The number of carboxylic acids is 1. The molecule has 102 valence electrons. The zero-order valence-electron chi connectivity index (χ0n) is 11.3. The molecule has 1 atom stereocenters. The molecule has 2 aliphatic rings. The lowest BCUT2D eigenvalue weighted by atomic mass is 9.89. The predicted molar refractivity (Wildman–Crippen MR) is 68.1 cm³/mol. The molecule has 1 amide bonds. The van der Waals surface area contributed by atoms with Gasteiger partial charge >= 0.3 is 5.97 Å². The summed E-state index contributed by atoms with van der Waals surface area (Å²) in [6.07, 6.45) is 5.93. The maximum atomic E-state index is 12.1. The van der Waals surface area contributed by atoms with E-state index >= 15 is 0 Å². The molecule has 2 fully saturated rings. The summed E-state index contributed by atoms with van der Waals surface area (Å²) in [7, 11) is 0. The van der Waals surface area contributed by atoms with Gasteiger partial charge in [-0.15, -0.1) is 0 Å². The minimum Gasteiger partial charge on any atom is -0.480 e. The van der Waals surface area contributed by atoms with Gasteiger partial charge < -0.3 is 10.4 Å². The number of hydrogen-bond donors (Lipinski definition) is 2. The summed E-state index contributed by atoms with van der Waals surface area (Å²) in [6, 6.07) is 0. The van der Waals surface area contributed by atoms with Crippen LogP contribution in [0.1, 0.15) is 58.8 Å². The van der Waals surface area contributed by atoms with E-state index < -0.39 is 11.5 Å².